The van der Waals surface area contributed by atoms with E-state index in [-0.39, 0.29) is 17.5 Å². The molecule has 5 nitrogen and oxygen atoms in total. The number of piperazine rings is 1. The number of fused-ring (bicyclic) bond motifs is 3. The fraction of sp³-hybridized carbons (Fsp3) is 0.606. The molecule has 2 heterocycles. The number of piperidine rings is 1. The Hall–Kier alpha value is -2.21. The molecule has 0 radical (unpaired) electrons. The highest BCUT2D eigenvalue weighted by molar-refractivity contribution is 5.76. The van der Waals surface area contributed by atoms with Gasteiger partial charge >= 0.3 is 0 Å². The third-order valence-electron chi connectivity index (χ3n) is 10.3. The van der Waals surface area contributed by atoms with Gasteiger partial charge in [-0.1, -0.05) is 67.1 Å². The first-order valence-electron chi connectivity index (χ1n) is 15.2. The predicted molar refractivity (Wildman–Crippen MR) is 154 cm³/mol. The Morgan fingerprint density at radius 2 is 1.37 bits per heavy atom. The summed E-state index contributed by atoms with van der Waals surface area (Å²) < 4.78 is 0. The Kier molecular flexibility index (Phi) is 7.87. The van der Waals surface area contributed by atoms with Crippen LogP contribution in [0.4, 0.5) is 0 Å². The molecule has 204 valence electrons. The van der Waals surface area contributed by atoms with Crippen molar-refractivity contribution in [1.29, 1.82) is 0 Å². The van der Waals surface area contributed by atoms with E-state index in [9.17, 15) is 4.79 Å². The van der Waals surface area contributed by atoms with Crippen LogP contribution in [0.5, 0.6) is 0 Å². The molecule has 2 aliphatic heterocycles. The molecule has 3 aliphatic carbocycles. The zero-order valence-electron chi connectivity index (χ0n) is 23.2. The zero-order valence-corrected chi connectivity index (χ0v) is 23.2. The first-order valence-corrected chi connectivity index (χ1v) is 15.2. The highest BCUT2D eigenvalue weighted by Gasteiger charge is 2.58. The lowest BCUT2D eigenvalue weighted by Gasteiger charge is -2.63. The Morgan fingerprint density at radius 3 is 1.95 bits per heavy atom. The van der Waals surface area contributed by atoms with Crippen molar-refractivity contribution in [1.82, 2.24) is 20.0 Å². The number of likely N-dealkylation sites (tertiary alicyclic amines) is 1. The van der Waals surface area contributed by atoms with Crippen LogP contribution in [0, 0.1) is 5.92 Å². The predicted octanol–water partition coefficient (Wildman–Crippen LogP) is 4.71. The minimum atomic E-state index is 0.127. The molecule has 1 N–H and O–H groups in total. The van der Waals surface area contributed by atoms with Crippen molar-refractivity contribution in [2.45, 2.75) is 68.4 Å². The van der Waals surface area contributed by atoms with Gasteiger partial charge in [0.25, 0.3) is 0 Å². The maximum absolute atomic E-state index is 13.5. The standard InChI is InChI=1S/C33H46N4O/c1-35-19-21-37(22-20-35)33-23-28(26-11-5-2-6-12-26)32(29(24-33)27-13-7-3-8-14-27)30(25-33)34-31(38)15-18-36-16-9-4-10-17-36/h2-3,5-8,11-14,28-30,32H,4,9-10,15-25H2,1H3,(H,34,38)/t28-,29-,30-,32?,33?/m0/s1. The summed E-state index contributed by atoms with van der Waals surface area (Å²) in [5.74, 6) is 1.58. The molecule has 1 amide bonds. The number of likely N-dealkylation sites (N-methyl/N-ethyl adjacent to an activating group) is 1. The van der Waals surface area contributed by atoms with Crippen LogP contribution in [0.15, 0.2) is 60.7 Å². The van der Waals surface area contributed by atoms with Gasteiger partial charge in [0.05, 0.1) is 0 Å². The summed E-state index contributed by atoms with van der Waals surface area (Å²) in [6.45, 7) is 7.71. The minimum absolute atomic E-state index is 0.127. The van der Waals surface area contributed by atoms with Gasteiger partial charge in [-0.3, -0.25) is 9.69 Å². The molecule has 2 bridgehead atoms. The average Bonchev–Trinajstić information content (AvgIpc) is 2.98. The number of benzene rings is 2. The molecule has 2 aromatic rings. The largest absolute Gasteiger partial charge is 0.353 e. The van der Waals surface area contributed by atoms with Gasteiger partial charge in [-0.05, 0) is 81.1 Å². The summed E-state index contributed by atoms with van der Waals surface area (Å²) in [7, 11) is 2.25. The molecule has 0 unspecified atom stereocenters. The molecule has 2 aromatic carbocycles. The normalized spacial score (nSPS) is 32.8. The van der Waals surface area contributed by atoms with Crippen LogP contribution in [-0.2, 0) is 4.79 Å². The van der Waals surface area contributed by atoms with Gasteiger partial charge in [-0.15, -0.1) is 0 Å². The number of carbonyl (C=O) groups is 1. The number of nitrogens with zero attached hydrogens (tertiary/aromatic N) is 3. The summed E-state index contributed by atoms with van der Waals surface area (Å²) in [5, 5.41) is 3.66. The van der Waals surface area contributed by atoms with E-state index in [0.717, 1.165) is 52.2 Å². The van der Waals surface area contributed by atoms with Crippen LogP contribution in [-0.4, -0.2) is 85.0 Å². The van der Waals surface area contributed by atoms with Crippen LogP contribution in [0.25, 0.3) is 0 Å². The number of rotatable bonds is 7. The van der Waals surface area contributed by atoms with Crippen LogP contribution < -0.4 is 5.32 Å². The smallest absolute Gasteiger partial charge is 0.221 e. The Morgan fingerprint density at radius 1 is 0.789 bits per heavy atom. The topological polar surface area (TPSA) is 38.8 Å². The van der Waals surface area contributed by atoms with E-state index >= 15 is 0 Å². The fourth-order valence-electron chi connectivity index (χ4n) is 8.35. The maximum atomic E-state index is 13.5. The first kappa shape index (κ1) is 26.0. The van der Waals surface area contributed by atoms with Crippen molar-refractivity contribution in [3.05, 3.63) is 71.8 Å². The lowest BCUT2D eigenvalue weighted by atomic mass is 9.51. The highest BCUT2D eigenvalue weighted by Crippen LogP contribution is 2.59. The molecule has 7 rings (SSSR count). The van der Waals surface area contributed by atoms with E-state index in [4.69, 9.17) is 0 Å². The fourth-order valence-corrected chi connectivity index (χ4v) is 8.35. The van der Waals surface area contributed by atoms with Crippen molar-refractivity contribution < 1.29 is 4.79 Å². The van der Waals surface area contributed by atoms with E-state index in [0.29, 0.717) is 24.2 Å². The Balaban J connectivity index is 1.31. The Labute approximate surface area is 229 Å². The van der Waals surface area contributed by atoms with E-state index in [1.165, 1.54) is 43.2 Å². The highest BCUT2D eigenvalue weighted by atomic mass is 16.1. The van der Waals surface area contributed by atoms with Crippen molar-refractivity contribution in [3.63, 3.8) is 0 Å². The monoisotopic (exact) mass is 514 g/mol. The van der Waals surface area contributed by atoms with Crippen molar-refractivity contribution >= 4 is 5.91 Å². The van der Waals surface area contributed by atoms with E-state index < -0.39 is 0 Å². The summed E-state index contributed by atoms with van der Waals surface area (Å²) in [4.78, 5) is 21.3. The molecular weight excluding hydrogens is 468 g/mol. The SMILES string of the molecule is CN1CCN(C23C[C@H](NC(=O)CCN4CCCCC4)C([C@H](c4ccccc4)C2)[C@H](c2ccccc2)C3)CC1. The molecule has 5 fully saturated rings. The first-order chi connectivity index (χ1) is 18.6. The zero-order chi connectivity index (χ0) is 26.0. The molecule has 3 atom stereocenters. The van der Waals surface area contributed by atoms with E-state index in [2.05, 4.69) is 87.7 Å². The second kappa shape index (κ2) is 11.5. The summed E-state index contributed by atoms with van der Waals surface area (Å²) in [6.07, 6.45) is 8.00. The third kappa shape index (κ3) is 5.43. The summed E-state index contributed by atoms with van der Waals surface area (Å²) in [5.41, 5.74) is 3.02. The van der Waals surface area contributed by atoms with Gasteiger partial charge in [0.2, 0.25) is 5.91 Å². The van der Waals surface area contributed by atoms with Crippen molar-refractivity contribution in [3.8, 4) is 0 Å². The molecule has 3 saturated carbocycles. The lowest BCUT2D eigenvalue weighted by Crippen LogP contribution is -2.67. The van der Waals surface area contributed by atoms with E-state index in [1.54, 1.807) is 0 Å². The van der Waals surface area contributed by atoms with Gasteiger partial charge in [0, 0.05) is 50.7 Å². The number of carbonyl (C=O) groups excluding carboxylic acids is 1. The number of amides is 1. The lowest BCUT2D eigenvalue weighted by molar-refractivity contribution is -0.126. The summed E-state index contributed by atoms with van der Waals surface area (Å²) in [6, 6.07) is 22.6. The maximum Gasteiger partial charge on any atom is 0.221 e. The van der Waals surface area contributed by atoms with Gasteiger partial charge in [-0.2, -0.15) is 0 Å². The second-order valence-electron chi connectivity index (χ2n) is 12.6. The van der Waals surface area contributed by atoms with Gasteiger partial charge in [0.1, 0.15) is 0 Å². The van der Waals surface area contributed by atoms with Gasteiger partial charge in [-0.25, -0.2) is 0 Å². The van der Waals surface area contributed by atoms with E-state index in [1.807, 2.05) is 0 Å². The molecule has 2 saturated heterocycles. The molecule has 0 spiro atoms. The summed E-state index contributed by atoms with van der Waals surface area (Å²) >= 11 is 0. The van der Waals surface area contributed by atoms with Gasteiger partial charge in [0.15, 0.2) is 0 Å². The average molecular weight is 515 g/mol. The van der Waals surface area contributed by atoms with Gasteiger partial charge < -0.3 is 15.1 Å². The molecular formula is C33H46N4O. The number of hydrogen-bond acceptors (Lipinski definition) is 4. The van der Waals surface area contributed by atoms with Crippen LogP contribution in [0.3, 0.4) is 0 Å². The minimum Gasteiger partial charge on any atom is -0.353 e. The Bertz CT molecular complexity index is 996. The molecule has 5 heteroatoms. The molecule has 5 aliphatic rings. The number of hydrogen-bond donors (Lipinski definition) is 1. The second-order valence-corrected chi connectivity index (χ2v) is 12.6. The van der Waals surface area contributed by atoms with Crippen LogP contribution in [0.1, 0.15) is 67.9 Å². The van der Waals surface area contributed by atoms with Crippen molar-refractivity contribution in [2.24, 2.45) is 5.92 Å². The molecule has 38 heavy (non-hydrogen) atoms. The number of nitrogens with one attached hydrogen (secondary N) is 1. The van der Waals surface area contributed by atoms with Crippen molar-refractivity contribution in [2.75, 3.05) is 52.9 Å². The van der Waals surface area contributed by atoms with Crippen LogP contribution >= 0.6 is 0 Å². The third-order valence-corrected chi connectivity index (χ3v) is 10.3. The quantitative estimate of drug-likeness (QED) is 0.581. The molecule has 0 aromatic heterocycles. The van der Waals surface area contributed by atoms with Crippen LogP contribution in [0.2, 0.25) is 0 Å².